The van der Waals surface area contributed by atoms with Crippen molar-refractivity contribution in [2.24, 2.45) is 5.92 Å². The van der Waals surface area contributed by atoms with Crippen LogP contribution in [0.25, 0.3) is 0 Å². The first kappa shape index (κ1) is 22.2. The lowest BCUT2D eigenvalue weighted by Crippen LogP contribution is -2.43. The molecule has 1 N–H and O–H groups in total. The van der Waals surface area contributed by atoms with E-state index < -0.39 is 10.0 Å². The standard InChI is InChI=1S/C22H34N2O4S/c1-18-8-10-21(11-9-18)29(26,27)24-15-12-19(13-16-24)22(25)23-14-5-17-28-20-6-3-2-4-7-20/h8-11,19-20H,2-7,12-17H2,1H3,(H,23,25). The van der Waals surface area contributed by atoms with Crippen molar-refractivity contribution in [2.75, 3.05) is 26.2 Å². The van der Waals surface area contributed by atoms with Crippen molar-refractivity contribution in [3.05, 3.63) is 29.8 Å². The van der Waals surface area contributed by atoms with E-state index in [9.17, 15) is 13.2 Å². The van der Waals surface area contributed by atoms with Crippen molar-refractivity contribution in [1.82, 2.24) is 9.62 Å². The Morgan fingerprint density at radius 2 is 1.72 bits per heavy atom. The molecule has 7 heteroatoms. The maximum absolute atomic E-state index is 12.8. The Morgan fingerprint density at radius 3 is 2.38 bits per heavy atom. The monoisotopic (exact) mass is 422 g/mol. The average molecular weight is 423 g/mol. The summed E-state index contributed by atoms with van der Waals surface area (Å²) >= 11 is 0. The number of sulfonamides is 1. The SMILES string of the molecule is Cc1ccc(S(=O)(=O)N2CCC(C(=O)NCCCOC3CCCCC3)CC2)cc1. The molecule has 2 fully saturated rings. The van der Waals surface area contributed by atoms with Crippen molar-refractivity contribution in [3.63, 3.8) is 0 Å². The van der Waals surface area contributed by atoms with Gasteiger partial charge in [0.25, 0.3) is 0 Å². The highest BCUT2D eigenvalue weighted by molar-refractivity contribution is 7.89. The number of nitrogens with one attached hydrogen (secondary N) is 1. The van der Waals surface area contributed by atoms with Crippen LogP contribution in [0, 0.1) is 12.8 Å². The smallest absolute Gasteiger partial charge is 0.243 e. The fourth-order valence-electron chi connectivity index (χ4n) is 4.13. The van der Waals surface area contributed by atoms with Gasteiger partial charge in [-0.1, -0.05) is 37.0 Å². The number of nitrogens with zero attached hydrogens (tertiary/aromatic N) is 1. The van der Waals surface area contributed by atoms with Gasteiger partial charge < -0.3 is 10.1 Å². The summed E-state index contributed by atoms with van der Waals surface area (Å²) in [6.45, 7) is 4.02. The summed E-state index contributed by atoms with van der Waals surface area (Å²) in [5.41, 5.74) is 1.03. The molecule has 1 heterocycles. The number of piperidine rings is 1. The summed E-state index contributed by atoms with van der Waals surface area (Å²) in [4.78, 5) is 12.7. The first-order valence-electron chi connectivity index (χ1n) is 10.9. The van der Waals surface area contributed by atoms with Crippen LogP contribution in [0.4, 0.5) is 0 Å². The molecule has 0 unspecified atom stereocenters. The first-order chi connectivity index (χ1) is 14.0. The summed E-state index contributed by atoms with van der Waals surface area (Å²) < 4.78 is 32.9. The van der Waals surface area contributed by atoms with Crippen molar-refractivity contribution in [1.29, 1.82) is 0 Å². The molecule has 0 atom stereocenters. The van der Waals surface area contributed by atoms with Gasteiger partial charge in [-0.05, 0) is 51.2 Å². The third-order valence-corrected chi connectivity index (χ3v) is 7.92. The van der Waals surface area contributed by atoms with E-state index in [1.807, 2.05) is 19.1 Å². The molecule has 162 valence electrons. The van der Waals surface area contributed by atoms with Crippen LogP contribution in [0.15, 0.2) is 29.2 Å². The van der Waals surface area contributed by atoms with E-state index in [2.05, 4.69) is 5.32 Å². The maximum atomic E-state index is 12.8. The Bertz CT molecular complexity index is 750. The van der Waals surface area contributed by atoms with Crippen LogP contribution < -0.4 is 5.32 Å². The van der Waals surface area contributed by atoms with Crippen molar-refractivity contribution < 1.29 is 17.9 Å². The molecule has 29 heavy (non-hydrogen) atoms. The third kappa shape index (κ3) is 6.27. The number of amides is 1. The molecular formula is C22H34N2O4S. The Hall–Kier alpha value is -1.44. The molecule has 1 amide bonds. The van der Waals surface area contributed by atoms with Gasteiger partial charge in [-0.2, -0.15) is 4.31 Å². The molecule has 0 bridgehead atoms. The highest BCUT2D eigenvalue weighted by atomic mass is 32.2. The first-order valence-corrected chi connectivity index (χ1v) is 12.4. The molecule has 2 aliphatic rings. The van der Waals surface area contributed by atoms with Crippen molar-refractivity contribution in [2.45, 2.75) is 69.3 Å². The molecule has 1 aromatic rings. The summed E-state index contributed by atoms with van der Waals surface area (Å²) in [5.74, 6) is -0.0752. The highest BCUT2D eigenvalue weighted by Gasteiger charge is 2.31. The fourth-order valence-corrected chi connectivity index (χ4v) is 5.60. The van der Waals surface area contributed by atoms with E-state index in [1.54, 1.807) is 12.1 Å². The molecule has 1 saturated carbocycles. The second kappa shape index (κ2) is 10.5. The number of carbonyl (C=O) groups is 1. The van der Waals surface area contributed by atoms with Crippen LogP contribution in [0.2, 0.25) is 0 Å². The second-order valence-corrected chi connectivity index (χ2v) is 10.2. The lowest BCUT2D eigenvalue weighted by Gasteiger charge is -2.30. The third-order valence-electron chi connectivity index (χ3n) is 6.01. The molecule has 3 rings (SSSR count). The van der Waals surface area contributed by atoms with Gasteiger partial charge in [-0.15, -0.1) is 0 Å². The summed E-state index contributed by atoms with van der Waals surface area (Å²) in [6.07, 6.45) is 8.53. The zero-order valence-electron chi connectivity index (χ0n) is 17.4. The number of carbonyl (C=O) groups excluding carboxylic acids is 1. The zero-order chi connectivity index (χ0) is 20.7. The van der Waals surface area contributed by atoms with E-state index in [1.165, 1.54) is 23.6 Å². The Balaban J connectivity index is 1.36. The van der Waals surface area contributed by atoms with Gasteiger partial charge in [0.1, 0.15) is 0 Å². The molecular weight excluding hydrogens is 388 g/mol. The molecule has 0 radical (unpaired) electrons. The van der Waals surface area contributed by atoms with E-state index in [-0.39, 0.29) is 11.8 Å². The predicted octanol–water partition coefficient (Wildman–Crippen LogP) is 3.25. The van der Waals surface area contributed by atoms with Gasteiger partial charge >= 0.3 is 0 Å². The van der Waals surface area contributed by atoms with Gasteiger partial charge in [-0.3, -0.25) is 4.79 Å². The average Bonchev–Trinajstić information content (AvgIpc) is 2.74. The molecule has 0 aromatic heterocycles. The molecule has 0 spiro atoms. The molecule has 1 aliphatic carbocycles. The number of hydrogen-bond donors (Lipinski definition) is 1. The van der Waals surface area contributed by atoms with Crippen LogP contribution in [0.5, 0.6) is 0 Å². The zero-order valence-corrected chi connectivity index (χ0v) is 18.3. The fraction of sp³-hybridized carbons (Fsp3) is 0.682. The number of rotatable bonds is 8. The lowest BCUT2D eigenvalue weighted by molar-refractivity contribution is -0.126. The molecule has 6 nitrogen and oxygen atoms in total. The number of ether oxygens (including phenoxy) is 1. The van der Waals surface area contributed by atoms with Gasteiger partial charge in [0.05, 0.1) is 11.0 Å². The lowest BCUT2D eigenvalue weighted by atomic mass is 9.97. The quantitative estimate of drug-likeness (QED) is 0.653. The van der Waals surface area contributed by atoms with Crippen molar-refractivity contribution >= 4 is 15.9 Å². The molecule has 1 aromatic carbocycles. The number of hydrogen-bond acceptors (Lipinski definition) is 4. The van der Waals surface area contributed by atoms with Crippen LogP contribution in [0.1, 0.15) is 56.9 Å². The topological polar surface area (TPSA) is 75.7 Å². The Labute approximate surface area is 175 Å². The van der Waals surface area contributed by atoms with Gasteiger partial charge in [-0.25, -0.2) is 8.42 Å². The van der Waals surface area contributed by atoms with Crippen LogP contribution in [-0.2, 0) is 19.6 Å². The molecule has 1 aliphatic heterocycles. The minimum Gasteiger partial charge on any atom is -0.378 e. The van der Waals surface area contributed by atoms with Crippen LogP contribution in [0.3, 0.4) is 0 Å². The van der Waals surface area contributed by atoms with Crippen LogP contribution in [-0.4, -0.2) is 51.0 Å². The van der Waals surface area contributed by atoms with E-state index in [0.717, 1.165) is 24.8 Å². The van der Waals surface area contributed by atoms with Gasteiger partial charge in [0.15, 0.2) is 0 Å². The van der Waals surface area contributed by atoms with E-state index in [4.69, 9.17) is 4.74 Å². The summed E-state index contributed by atoms with van der Waals surface area (Å²) in [7, 11) is -3.48. The Kier molecular flexibility index (Phi) is 8.09. The van der Waals surface area contributed by atoms with Gasteiger partial charge in [0.2, 0.25) is 15.9 Å². The normalized spacial score (nSPS) is 19.9. The largest absolute Gasteiger partial charge is 0.378 e. The number of aryl methyl sites for hydroxylation is 1. The summed E-state index contributed by atoms with van der Waals surface area (Å²) in [6, 6.07) is 6.92. The second-order valence-electron chi connectivity index (χ2n) is 8.27. The maximum Gasteiger partial charge on any atom is 0.243 e. The summed E-state index contributed by atoms with van der Waals surface area (Å²) in [5, 5.41) is 2.99. The van der Waals surface area contributed by atoms with Crippen molar-refractivity contribution in [3.8, 4) is 0 Å². The van der Waals surface area contributed by atoms with E-state index >= 15 is 0 Å². The minimum absolute atomic E-state index is 0.0371. The Morgan fingerprint density at radius 1 is 1.07 bits per heavy atom. The van der Waals surface area contributed by atoms with E-state index in [0.29, 0.717) is 50.1 Å². The molecule has 1 saturated heterocycles. The van der Waals surface area contributed by atoms with Crippen LogP contribution >= 0.6 is 0 Å². The number of benzene rings is 1. The highest BCUT2D eigenvalue weighted by Crippen LogP contribution is 2.24. The predicted molar refractivity (Wildman–Crippen MR) is 113 cm³/mol. The minimum atomic E-state index is -3.48. The van der Waals surface area contributed by atoms with Gasteiger partial charge in [0, 0.05) is 32.2 Å².